The Morgan fingerprint density at radius 2 is 2.25 bits per heavy atom. The van der Waals surface area contributed by atoms with Gasteiger partial charge in [0.1, 0.15) is 0 Å². The first-order valence-corrected chi connectivity index (χ1v) is 6.85. The highest BCUT2D eigenvalue weighted by molar-refractivity contribution is 7.15. The van der Waals surface area contributed by atoms with Crippen molar-refractivity contribution in [3.8, 4) is 0 Å². The van der Waals surface area contributed by atoms with Gasteiger partial charge in [-0.1, -0.05) is 27.2 Å². The molecule has 0 spiro atoms. The van der Waals surface area contributed by atoms with Crippen molar-refractivity contribution in [2.75, 3.05) is 25.0 Å². The van der Waals surface area contributed by atoms with Gasteiger partial charge in [0.2, 0.25) is 0 Å². The molecule has 4 heteroatoms. The summed E-state index contributed by atoms with van der Waals surface area (Å²) in [5.41, 5.74) is 0. The monoisotopic (exact) mass is 241 g/mol. The number of hydrogen-bond donors (Lipinski definition) is 1. The van der Waals surface area contributed by atoms with Crippen LogP contribution in [0.5, 0.6) is 0 Å². The van der Waals surface area contributed by atoms with Crippen LogP contribution < -0.4 is 10.2 Å². The van der Waals surface area contributed by atoms with Crippen LogP contribution in [-0.2, 0) is 6.54 Å². The highest BCUT2D eigenvalue weighted by Gasteiger charge is 2.09. The molecule has 0 aliphatic rings. The lowest BCUT2D eigenvalue weighted by Crippen LogP contribution is -2.23. The second-order valence-electron chi connectivity index (χ2n) is 4.28. The zero-order valence-electron chi connectivity index (χ0n) is 10.8. The molecule has 0 aromatic carbocycles. The van der Waals surface area contributed by atoms with Crippen molar-refractivity contribution < 1.29 is 0 Å². The summed E-state index contributed by atoms with van der Waals surface area (Å²) in [4.78, 5) is 8.03. The van der Waals surface area contributed by atoms with Crippen LogP contribution in [0.15, 0.2) is 6.20 Å². The van der Waals surface area contributed by atoms with Crippen molar-refractivity contribution in [1.82, 2.24) is 10.3 Å². The van der Waals surface area contributed by atoms with E-state index in [9.17, 15) is 0 Å². The molecule has 0 radical (unpaired) electrons. The Kier molecular flexibility index (Phi) is 5.77. The van der Waals surface area contributed by atoms with Crippen LogP contribution in [0.25, 0.3) is 0 Å². The van der Waals surface area contributed by atoms with E-state index < -0.39 is 0 Å². The second-order valence-corrected chi connectivity index (χ2v) is 5.38. The number of hydrogen-bond acceptors (Lipinski definition) is 4. The van der Waals surface area contributed by atoms with Gasteiger partial charge in [0.15, 0.2) is 5.13 Å². The summed E-state index contributed by atoms with van der Waals surface area (Å²) in [5.74, 6) is 0.728. The molecule has 1 aromatic rings. The second kappa shape index (κ2) is 6.86. The van der Waals surface area contributed by atoms with Crippen molar-refractivity contribution in [3.63, 3.8) is 0 Å². The van der Waals surface area contributed by atoms with Crippen LogP contribution in [0.2, 0.25) is 0 Å². The maximum Gasteiger partial charge on any atom is 0.185 e. The average Bonchev–Trinajstić information content (AvgIpc) is 2.74. The van der Waals surface area contributed by atoms with E-state index in [2.05, 4.69) is 43.0 Å². The summed E-state index contributed by atoms with van der Waals surface area (Å²) in [6.07, 6.45) is 3.20. The highest BCUT2D eigenvalue weighted by atomic mass is 32.1. The van der Waals surface area contributed by atoms with Gasteiger partial charge in [-0.15, -0.1) is 11.3 Å². The zero-order chi connectivity index (χ0) is 12.0. The smallest absolute Gasteiger partial charge is 0.185 e. The summed E-state index contributed by atoms with van der Waals surface area (Å²) in [6, 6.07) is 0. The first-order chi connectivity index (χ1) is 7.67. The minimum Gasteiger partial charge on any atom is -0.351 e. The standard InChI is InChI=1S/C12H23N3S/c1-5-10(3)9-15(4)12-14-8-11(16-12)7-13-6-2/h8,10,13H,5-7,9H2,1-4H3. The lowest BCUT2D eigenvalue weighted by molar-refractivity contribution is 0.559. The predicted octanol–water partition coefficient (Wildman–Crippen LogP) is 2.73. The minimum atomic E-state index is 0.728. The molecule has 3 nitrogen and oxygen atoms in total. The van der Waals surface area contributed by atoms with Crippen LogP contribution in [0.4, 0.5) is 5.13 Å². The molecule has 92 valence electrons. The fraction of sp³-hybridized carbons (Fsp3) is 0.750. The summed E-state index contributed by atoms with van der Waals surface area (Å²) in [5, 5.41) is 4.45. The van der Waals surface area contributed by atoms with E-state index >= 15 is 0 Å². The third-order valence-corrected chi connectivity index (χ3v) is 3.81. The Bertz CT molecular complexity index is 298. The molecule has 0 bridgehead atoms. The van der Waals surface area contributed by atoms with Gasteiger partial charge in [-0.25, -0.2) is 4.98 Å². The topological polar surface area (TPSA) is 28.2 Å². The number of anilines is 1. The van der Waals surface area contributed by atoms with Crippen LogP contribution in [0.3, 0.4) is 0 Å². The van der Waals surface area contributed by atoms with Gasteiger partial charge >= 0.3 is 0 Å². The van der Waals surface area contributed by atoms with Crippen molar-refractivity contribution in [1.29, 1.82) is 0 Å². The summed E-state index contributed by atoms with van der Waals surface area (Å²) in [7, 11) is 2.13. The first-order valence-electron chi connectivity index (χ1n) is 6.03. The fourth-order valence-electron chi connectivity index (χ4n) is 1.48. The Morgan fingerprint density at radius 1 is 1.50 bits per heavy atom. The van der Waals surface area contributed by atoms with Crippen LogP contribution in [-0.4, -0.2) is 25.1 Å². The molecule has 0 saturated carbocycles. The van der Waals surface area contributed by atoms with Crippen LogP contribution >= 0.6 is 11.3 Å². The van der Waals surface area contributed by atoms with Gasteiger partial charge in [0.25, 0.3) is 0 Å². The molecule has 1 N–H and O–H groups in total. The van der Waals surface area contributed by atoms with Gasteiger partial charge < -0.3 is 10.2 Å². The minimum absolute atomic E-state index is 0.728. The molecule has 16 heavy (non-hydrogen) atoms. The Hall–Kier alpha value is -0.610. The maximum absolute atomic E-state index is 4.46. The molecule has 0 saturated heterocycles. The van der Waals surface area contributed by atoms with Gasteiger partial charge in [0, 0.05) is 31.2 Å². The van der Waals surface area contributed by atoms with E-state index in [1.165, 1.54) is 11.3 Å². The molecule has 0 aliphatic heterocycles. The van der Waals surface area contributed by atoms with Gasteiger partial charge in [-0.05, 0) is 12.5 Å². The van der Waals surface area contributed by atoms with E-state index in [0.717, 1.165) is 30.7 Å². The molecule has 1 atom stereocenters. The summed E-state index contributed by atoms with van der Waals surface area (Å²) in [6.45, 7) is 9.67. The van der Waals surface area contributed by atoms with E-state index in [4.69, 9.17) is 0 Å². The molecule has 1 unspecified atom stereocenters. The molecule has 1 heterocycles. The number of aromatic nitrogens is 1. The van der Waals surface area contributed by atoms with E-state index in [-0.39, 0.29) is 0 Å². The number of rotatable bonds is 7. The first kappa shape index (κ1) is 13.5. The van der Waals surface area contributed by atoms with Gasteiger partial charge in [0.05, 0.1) is 0 Å². The summed E-state index contributed by atoms with van der Waals surface area (Å²) >= 11 is 1.79. The molecule has 1 aromatic heterocycles. The SMILES string of the molecule is CCNCc1cnc(N(C)CC(C)CC)s1. The maximum atomic E-state index is 4.46. The number of nitrogens with one attached hydrogen (secondary N) is 1. The molecule has 1 rings (SSSR count). The van der Waals surface area contributed by atoms with E-state index in [1.807, 2.05) is 6.20 Å². The normalized spacial score (nSPS) is 12.8. The molecular formula is C12H23N3S. The largest absolute Gasteiger partial charge is 0.351 e. The van der Waals surface area contributed by atoms with E-state index in [0.29, 0.717) is 0 Å². The van der Waals surface area contributed by atoms with Gasteiger partial charge in [-0.3, -0.25) is 0 Å². The molecule has 0 fully saturated rings. The predicted molar refractivity (Wildman–Crippen MR) is 72.2 cm³/mol. The van der Waals surface area contributed by atoms with Gasteiger partial charge in [-0.2, -0.15) is 0 Å². The third kappa shape index (κ3) is 4.10. The Balaban J connectivity index is 2.49. The third-order valence-electron chi connectivity index (χ3n) is 2.70. The Morgan fingerprint density at radius 3 is 2.88 bits per heavy atom. The quantitative estimate of drug-likeness (QED) is 0.795. The van der Waals surface area contributed by atoms with Crippen LogP contribution in [0.1, 0.15) is 32.1 Å². The van der Waals surface area contributed by atoms with Crippen LogP contribution in [0, 0.1) is 5.92 Å². The van der Waals surface area contributed by atoms with Crippen molar-refractivity contribution >= 4 is 16.5 Å². The fourth-order valence-corrected chi connectivity index (χ4v) is 2.33. The van der Waals surface area contributed by atoms with E-state index in [1.54, 1.807) is 11.3 Å². The number of thiazole rings is 1. The van der Waals surface area contributed by atoms with Crippen molar-refractivity contribution in [2.24, 2.45) is 5.92 Å². The molecular weight excluding hydrogens is 218 g/mol. The molecule has 0 amide bonds. The Labute approximate surface area is 103 Å². The number of nitrogens with zero attached hydrogens (tertiary/aromatic N) is 2. The summed E-state index contributed by atoms with van der Waals surface area (Å²) < 4.78 is 0. The van der Waals surface area contributed by atoms with Crippen molar-refractivity contribution in [3.05, 3.63) is 11.1 Å². The highest BCUT2D eigenvalue weighted by Crippen LogP contribution is 2.22. The van der Waals surface area contributed by atoms with Crippen molar-refractivity contribution in [2.45, 2.75) is 33.7 Å². The lowest BCUT2D eigenvalue weighted by Gasteiger charge is -2.19. The zero-order valence-corrected chi connectivity index (χ0v) is 11.6. The lowest BCUT2D eigenvalue weighted by atomic mass is 10.1. The average molecular weight is 241 g/mol. The molecule has 0 aliphatic carbocycles.